The number of likely N-dealkylation sites (tertiary alicyclic amines) is 2. The van der Waals surface area contributed by atoms with E-state index in [1.54, 1.807) is 0 Å². The molecule has 1 aromatic rings. The second kappa shape index (κ2) is 8.64. The summed E-state index contributed by atoms with van der Waals surface area (Å²) >= 11 is 0. The molecule has 2 aliphatic heterocycles. The third kappa shape index (κ3) is 4.57. The number of benzene rings is 1. The van der Waals surface area contributed by atoms with Crippen molar-refractivity contribution in [3.63, 3.8) is 0 Å². The van der Waals surface area contributed by atoms with Crippen LogP contribution in [0.2, 0.25) is 0 Å². The smallest absolute Gasteiger partial charge is 0.225 e. The van der Waals surface area contributed by atoms with Gasteiger partial charge in [0.25, 0.3) is 0 Å². The highest BCUT2D eigenvalue weighted by molar-refractivity contribution is 5.81. The molecule has 1 atom stereocenters. The molecule has 5 nitrogen and oxygen atoms in total. The van der Waals surface area contributed by atoms with Gasteiger partial charge in [0.15, 0.2) is 0 Å². The van der Waals surface area contributed by atoms with Gasteiger partial charge in [-0.05, 0) is 63.1 Å². The van der Waals surface area contributed by atoms with Gasteiger partial charge in [-0.2, -0.15) is 0 Å². The molecule has 1 aliphatic carbocycles. The summed E-state index contributed by atoms with van der Waals surface area (Å²) in [6, 6.07) is 8.75. The SMILES string of the molecule is Cc1ccccc1CNC(=O)[C@@H]1CCCN(C2CCN(C(=O)C3CC3)CC2)C1. The number of carbonyl (C=O) groups is 2. The van der Waals surface area contributed by atoms with Crippen LogP contribution in [0.1, 0.15) is 49.7 Å². The molecule has 0 bridgehead atoms. The van der Waals surface area contributed by atoms with E-state index in [0.717, 1.165) is 64.7 Å². The highest BCUT2D eigenvalue weighted by Crippen LogP contribution is 2.32. The fraction of sp³-hybridized carbons (Fsp3) is 0.652. The Morgan fingerprint density at radius 2 is 1.75 bits per heavy atom. The average Bonchev–Trinajstić information content (AvgIpc) is 3.58. The molecule has 2 heterocycles. The van der Waals surface area contributed by atoms with Crippen LogP contribution in [0.5, 0.6) is 0 Å². The van der Waals surface area contributed by atoms with Gasteiger partial charge < -0.3 is 10.2 Å². The van der Waals surface area contributed by atoms with Gasteiger partial charge in [-0.3, -0.25) is 14.5 Å². The average molecular weight is 384 g/mol. The van der Waals surface area contributed by atoms with E-state index in [0.29, 0.717) is 24.4 Å². The lowest BCUT2D eigenvalue weighted by Crippen LogP contribution is -2.51. The molecule has 2 amide bonds. The van der Waals surface area contributed by atoms with Gasteiger partial charge in [-0.15, -0.1) is 0 Å². The van der Waals surface area contributed by atoms with E-state index in [1.165, 1.54) is 11.1 Å². The number of amides is 2. The minimum atomic E-state index is 0.0869. The highest BCUT2D eigenvalue weighted by Gasteiger charge is 2.37. The van der Waals surface area contributed by atoms with Crippen molar-refractivity contribution in [1.82, 2.24) is 15.1 Å². The topological polar surface area (TPSA) is 52.7 Å². The van der Waals surface area contributed by atoms with Crippen LogP contribution in [0, 0.1) is 18.8 Å². The third-order valence-corrected chi connectivity index (χ3v) is 6.76. The Kier molecular flexibility index (Phi) is 6.00. The summed E-state index contributed by atoms with van der Waals surface area (Å²) in [5, 5.41) is 3.16. The van der Waals surface area contributed by atoms with Crippen molar-refractivity contribution in [2.24, 2.45) is 11.8 Å². The van der Waals surface area contributed by atoms with Crippen LogP contribution >= 0.6 is 0 Å². The predicted molar refractivity (Wildman–Crippen MR) is 110 cm³/mol. The number of aryl methyl sites for hydroxylation is 1. The lowest BCUT2D eigenvalue weighted by atomic mass is 9.93. The summed E-state index contributed by atoms with van der Waals surface area (Å²) in [5.74, 6) is 0.983. The van der Waals surface area contributed by atoms with Crippen molar-refractivity contribution in [3.8, 4) is 0 Å². The monoisotopic (exact) mass is 383 g/mol. The van der Waals surface area contributed by atoms with Crippen LogP contribution < -0.4 is 5.32 Å². The molecule has 28 heavy (non-hydrogen) atoms. The zero-order chi connectivity index (χ0) is 19.5. The van der Waals surface area contributed by atoms with E-state index in [9.17, 15) is 9.59 Å². The minimum absolute atomic E-state index is 0.0869. The molecular formula is C23H33N3O2. The Labute approximate surface area is 168 Å². The van der Waals surface area contributed by atoms with Crippen LogP contribution in [-0.4, -0.2) is 53.8 Å². The Morgan fingerprint density at radius 1 is 1.00 bits per heavy atom. The normalized spacial score (nSPS) is 24.2. The van der Waals surface area contributed by atoms with E-state index < -0.39 is 0 Å². The molecule has 3 aliphatic rings. The summed E-state index contributed by atoms with van der Waals surface area (Å²) in [5.41, 5.74) is 2.41. The first kappa shape index (κ1) is 19.4. The molecule has 1 N–H and O–H groups in total. The van der Waals surface area contributed by atoms with Crippen molar-refractivity contribution in [3.05, 3.63) is 35.4 Å². The lowest BCUT2D eigenvalue weighted by molar-refractivity contribution is -0.134. The number of piperidine rings is 2. The van der Waals surface area contributed by atoms with Gasteiger partial charge in [0.2, 0.25) is 11.8 Å². The van der Waals surface area contributed by atoms with Crippen LogP contribution in [0.25, 0.3) is 0 Å². The van der Waals surface area contributed by atoms with E-state index in [4.69, 9.17) is 0 Å². The molecule has 5 heteroatoms. The van der Waals surface area contributed by atoms with Gasteiger partial charge in [0, 0.05) is 38.1 Å². The quantitative estimate of drug-likeness (QED) is 0.851. The zero-order valence-electron chi connectivity index (χ0n) is 17.0. The third-order valence-electron chi connectivity index (χ3n) is 6.76. The zero-order valence-corrected chi connectivity index (χ0v) is 17.0. The number of hydrogen-bond donors (Lipinski definition) is 1. The van der Waals surface area contributed by atoms with E-state index in [-0.39, 0.29) is 11.8 Å². The summed E-state index contributed by atoms with van der Waals surface area (Å²) in [6.07, 6.45) is 6.35. The minimum Gasteiger partial charge on any atom is -0.352 e. The van der Waals surface area contributed by atoms with Gasteiger partial charge in [0.1, 0.15) is 0 Å². The highest BCUT2D eigenvalue weighted by atomic mass is 16.2. The molecular weight excluding hydrogens is 350 g/mol. The lowest BCUT2D eigenvalue weighted by Gasteiger charge is -2.42. The maximum absolute atomic E-state index is 12.7. The second-order valence-electron chi connectivity index (χ2n) is 8.81. The molecule has 1 saturated carbocycles. The van der Waals surface area contributed by atoms with Gasteiger partial charge in [-0.25, -0.2) is 0 Å². The fourth-order valence-corrected chi connectivity index (χ4v) is 4.73. The molecule has 0 aromatic heterocycles. The fourth-order valence-electron chi connectivity index (χ4n) is 4.73. The van der Waals surface area contributed by atoms with Crippen LogP contribution in [0.4, 0.5) is 0 Å². The molecule has 2 saturated heterocycles. The first-order chi connectivity index (χ1) is 13.6. The van der Waals surface area contributed by atoms with Crippen molar-refractivity contribution in [1.29, 1.82) is 0 Å². The summed E-state index contributed by atoms with van der Waals surface area (Å²) in [4.78, 5) is 29.6. The molecule has 152 valence electrons. The summed E-state index contributed by atoms with van der Waals surface area (Å²) in [6.45, 7) is 6.43. The predicted octanol–water partition coefficient (Wildman–Crippen LogP) is 2.72. The molecule has 0 unspecified atom stereocenters. The maximum Gasteiger partial charge on any atom is 0.225 e. The number of rotatable bonds is 5. The van der Waals surface area contributed by atoms with Crippen molar-refractivity contribution >= 4 is 11.8 Å². The van der Waals surface area contributed by atoms with Gasteiger partial charge >= 0.3 is 0 Å². The Morgan fingerprint density at radius 3 is 2.46 bits per heavy atom. The number of carbonyl (C=O) groups excluding carboxylic acids is 2. The van der Waals surface area contributed by atoms with Crippen molar-refractivity contribution < 1.29 is 9.59 Å². The molecule has 1 aromatic carbocycles. The van der Waals surface area contributed by atoms with Gasteiger partial charge in [0.05, 0.1) is 5.92 Å². The Hall–Kier alpha value is -1.88. The first-order valence-corrected chi connectivity index (χ1v) is 11.0. The molecule has 0 spiro atoms. The largest absolute Gasteiger partial charge is 0.352 e. The standard InChI is InChI=1S/C23H33N3O2/c1-17-5-2-3-6-19(17)15-24-22(27)20-7-4-12-26(16-20)21-10-13-25(14-11-21)23(28)18-8-9-18/h2-3,5-6,18,20-21H,4,7-16H2,1H3,(H,24,27)/t20-/m1/s1. The van der Waals surface area contributed by atoms with Crippen molar-refractivity contribution in [2.75, 3.05) is 26.2 Å². The Bertz CT molecular complexity index is 708. The van der Waals surface area contributed by atoms with Crippen LogP contribution in [0.3, 0.4) is 0 Å². The van der Waals surface area contributed by atoms with Crippen molar-refractivity contribution in [2.45, 2.75) is 58.0 Å². The van der Waals surface area contributed by atoms with E-state index in [1.807, 2.05) is 12.1 Å². The molecule has 0 radical (unpaired) electrons. The molecule has 4 rings (SSSR count). The number of nitrogens with one attached hydrogen (secondary N) is 1. The van der Waals surface area contributed by atoms with E-state index >= 15 is 0 Å². The second-order valence-corrected chi connectivity index (χ2v) is 8.81. The summed E-state index contributed by atoms with van der Waals surface area (Å²) < 4.78 is 0. The first-order valence-electron chi connectivity index (χ1n) is 11.0. The van der Waals surface area contributed by atoms with E-state index in [2.05, 4.69) is 34.2 Å². The maximum atomic E-state index is 12.7. The Balaban J connectivity index is 1.25. The van der Waals surface area contributed by atoms with Crippen LogP contribution in [-0.2, 0) is 16.1 Å². The van der Waals surface area contributed by atoms with Gasteiger partial charge in [-0.1, -0.05) is 24.3 Å². The number of hydrogen-bond acceptors (Lipinski definition) is 3. The number of nitrogens with zero attached hydrogens (tertiary/aromatic N) is 2. The molecule has 3 fully saturated rings. The van der Waals surface area contributed by atoms with Crippen LogP contribution in [0.15, 0.2) is 24.3 Å². The summed E-state index contributed by atoms with van der Waals surface area (Å²) in [7, 11) is 0.